The van der Waals surface area contributed by atoms with Crippen molar-refractivity contribution in [2.45, 2.75) is 24.8 Å². The summed E-state index contributed by atoms with van der Waals surface area (Å²) in [5.41, 5.74) is 5.40. The summed E-state index contributed by atoms with van der Waals surface area (Å²) in [6.07, 6.45) is 3.28. The van der Waals surface area contributed by atoms with Crippen LogP contribution < -0.4 is 5.73 Å². The molecule has 1 saturated carbocycles. The van der Waals surface area contributed by atoms with Crippen LogP contribution in [0, 0.1) is 0 Å². The first-order valence-corrected chi connectivity index (χ1v) is 4.69. The third kappa shape index (κ3) is 1.78. The fourth-order valence-electron chi connectivity index (χ4n) is 1.11. The molecule has 1 rings (SSSR count). The van der Waals surface area contributed by atoms with Crippen LogP contribution in [-0.4, -0.2) is 16.6 Å². The quantitative estimate of drug-likeness (QED) is 0.556. The molecule has 9 heavy (non-hydrogen) atoms. The Hall–Kier alpha value is 0.150. The zero-order chi connectivity index (χ0) is 6.91. The van der Waals surface area contributed by atoms with Crippen LogP contribution in [0.15, 0.2) is 0 Å². The van der Waals surface area contributed by atoms with Crippen LogP contribution >= 0.6 is 8.03 Å². The van der Waals surface area contributed by atoms with Gasteiger partial charge in [-0.3, -0.25) is 4.57 Å². The molecule has 0 heterocycles. The van der Waals surface area contributed by atoms with Crippen LogP contribution in [0.1, 0.15) is 19.3 Å². The molecule has 0 spiro atoms. The highest BCUT2D eigenvalue weighted by atomic mass is 31.1. The van der Waals surface area contributed by atoms with Crippen molar-refractivity contribution in [2.75, 3.05) is 6.16 Å². The lowest BCUT2D eigenvalue weighted by atomic mass is 9.79. The van der Waals surface area contributed by atoms with Crippen LogP contribution in [0.3, 0.4) is 0 Å². The van der Waals surface area contributed by atoms with E-state index in [2.05, 4.69) is 0 Å². The zero-order valence-electron chi connectivity index (χ0n) is 5.26. The third-order valence-corrected chi connectivity index (χ3v) is 2.86. The molecule has 0 saturated heterocycles. The lowest BCUT2D eigenvalue weighted by Gasteiger charge is -2.36. The maximum Gasteiger partial charge on any atom is 0.190 e. The van der Waals surface area contributed by atoms with Crippen molar-refractivity contribution in [1.29, 1.82) is 0 Å². The van der Waals surface area contributed by atoms with Gasteiger partial charge in [0.2, 0.25) is 0 Å². The molecular weight excluding hydrogens is 137 g/mol. The molecule has 54 valence electrons. The van der Waals surface area contributed by atoms with E-state index in [1.54, 1.807) is 0 Å². The molecule has 1 aliphatic rings. The maximum absolute atomic E-state index is 10.3. The Morgan fingerprint density at radius 2 is 2.22 bits per heavy atom. The summed E-state index contributed by atoms with van der Waals surface area (Å²) in [5.74, 6) is 0. The minimum atomic E-state index is -2.33. The van der Waals surface area contributed by atoms with E-state index in [9.17, 15) is 4.57 Å². The van der Waals surface area contributed by atoms with E-state index in [0.29, 0.717) is 6.16 Å². The predicted octanol–water partition coefficient (Wildman–Crippen LogP) is 0.335. The Bertz CT molecular complexity index is 133. The van der Waals surface area contributed by atoms with E-state index in [1.165, 1.54) is 0 Å². The van der Waals surface area contributed by atoms with Crippen LogP contribution in [0.25, 0.3) is 0 Å². The molecule has 0 aromatic heterocycles. The molecule has 1 unspecified atom stereocenters. The molecule has 0 aromatic carbocycles. The molecule has 0 amide bonds. The molecule has 0 aliphatic heterocycles. The molecule has 0 bridgehead atoms. The van der Waals surface area contributed by atoms with Gasteiger partial charge in [-0.25, -0.2) is 0 Å². The van der Waals surface area contributed by atoms with E-state index < -0.39 is 8.03 Å². The van der Waals surface area contributed by atoms with E-state index in [0.717, 1.165) is 19.3 Å². The highest BCUT2D eigenvalue weighted by Gasteiger charge is 2.33. The molecule has 4 heteroatoms. The third-order valence-electron chi connectivity index (χ3n) is 1.85. The minimum absolute atomic E-state index is 0.273. The van der Waals surface area contributed by atoms with E-state index in [-0.39, 0.29) is 5.54 Å². The largest absolute Gasteiger partial charge is 0.346 e. The molecule has 0 aromatic rings. The number of rotatable bonds is 2. The summed E-state index contributed by atoms with van der Waals surface area (Å²) in [4.78, 5) is 8.52. The summed E-state index contributed by atoms with van der Waals surface area (Å²) in [7, 11) is -2.33. The smallest absolute Gasteiger partial charge is 0.190 e. The summed E-state index contributed by atoms with van der Waals surface area (Å²) >= 11 is 0. The van der Waals surface area contributed by atoms with Crippen molar-refractivity contribution in [1.82, 2.24) is 0 Å². The van der Waals surface area contributed by atoms with Gasteiger partial charge in [0.1, 0.15) is 0 Å². The van der Waals surface area contributed by atoms with Gasteiger partial charge < -0.3 is 10.6 Å². The highest BCUT2D eigenvalue weighted by molar-refractivity contribution is 7.38. The number of hydrogen-bond acceptors (Lipinski definition) is 2. The lowest BCUT2D eigenvalue weighted by molar-refractivity contribution is 0.275. The monoisotopic (exact) mass is 149 g/mol. The fraction of sp³-hybridized carbons (Fsp3) is 1.00. The van der Waals surface area contributed by atoms with E-state index in [4.69, 9.17) is 10.6 Å². The second-order valence-corrected chi connectivity index (χ2v) is 3.93. The van der Waals surface area contributed by atoms with Crippen LogP contribution in [0.5, 0.6) is 0 Å². The van der Waals surface area contributed by atoms with Crippen molar-refractivity contribution < 1.29 is 9.46 Å². The first-order valence-electron chi connectivity index (χ1n) is 3.13. The van der Waals surface area contributed by atoms with Crippen molar-refractivity contribution in [3.63, 3.8) is 0 Å². The first kappa shape index (κ1) is 7.26. The average Bonchev–Trinajstić information content (AvgIpc) is 1.60. The molecule has 1 aliphatic carbocycles. The Balaban J connectivity index is 2.33. The maximum atomic E-state index is 10.3. The van der Waals surface area contributed by atoms with Crippen molar-refractivity contribution in [3.8, 4) is 0 Å². The lowest BCUT2D eigenvalue weighted by Crippen LogP contribution is -2.48. The molecule has 0 radical (unpaired) electrons. The summed E-state index contributed by atoms with van der Waals surface area (Å²) in [6.45, 7) is 0. The second kappa shape index (κ2) is 2.41. The van der Waals surface area contributed by atoms with Gasteiger partial charge in [-0.15, -0.1) is 0 Å². The molecule has 1 atom stereocenters. The molecule has 3 N–H and O–H groups in total. The average molecular weight is 149 g/mol. The van der Waals surface area contributed by atoms with Gasteiger partial charge >= 0.3 is 0 Å². The standard InChI is InChI=1S/C5H12NO2P/c6-5(2-1-3-5)4-9(7)8/h9H,1-4,6H2,(H,7,8). The summed E-state index contributed by atoms with van der Waals surface area (Å²) in [5, 5.41) is 0. The Labute approximate surface area is 55.1 Å². The predicted molar refractivity (Wildman–Crippen MR) is 36.9 cm³/mol. The van der Waals surface area contributed by atoms with Gasteiger partial charge in [-0.2, -0.15) is 0 Å². The molecule has 3 nitrogen and oxygen atoms in total. The molecular formula is C5H12NO2P. The Kier molecular flexibility index (Phi) is 1.94. The van der Waals surface area contributed by atoms with Crippen LogP contribution in [0.2, 0.25) is 0 Å². The number of nitrogens with two attached hydrogens (primary N) is 1. The van der Waals surface area contributed by atoms with E-state index in [1.807, 2.05) is 0 Å². The summed E-state index contributed by atoms with van der Waals surface area (Å²) in [6, 6.07) is 0. The first-order chi connectivity index (χ1) is 4.12. The van der Waals surface area contributed by atoms with Crippen LogP contribution in [-0.2, 0) is 4.57 Å². The molecule has 1 fully saturated rings. The van der Waals surface area contributed by atoms with Gasteiger partial charge in [-0.1, -0.05) is 0 Å². The van der Waals surface area contributed by atoms with Gasteiger partial charge in [0.15, 0.2) is 8.03 Å². The van der Waals surface area contributed by atoms with Gasteiger partial charge in [-0.05, 0) is 19.3 Å². The topological polar surface area (TPSA) is 63.3 Å². The van der Waals surface area contributed by atoms with Crippen LogP contribution in [0.4, 0.5) is 0 Å². The second-order valence-electron chi connectivity index (χ2n) is 2.79. The minimum Gasteiger partial charge on any atom is -0.346 e. The van der Waals surface area contributed by atoms with Crippen molar-refractivity contribution in [3.05, 3.63) is 0 Å². The Morgan fingerprint density at radius 1 is 1.67 bits per heavy atom. The SMILES string of the molecule is NC1(C[PH](=O)O)CCC1. The van der Waals surface area contributed by atoms with Gasteiger partial charge in [0.05, 0.1) is 0 Å². The van der Waals surface area contributed by atoms with E-state index >= 15 is 0 Å². The zero-order valence-corrected chi connectivity index (χ0v) is 6.26. The van der Waals surface area contributed by atoms with Gasteiger partial charge in [0.25, 0.3) is 0 Å². The fourth-order valence-corrected chi connectivity index (χ4v) is 2.06. The van der Waals surface area contributed by atoms with Gasteiger partial charge in [0, 0.05) is 11.7 Å². The van der Waals surface area contributed by atoms with Crippen molar-refractivity contribution in [2.24, 2.45) is 5.73 Å². The van der Waals surface area contributed by atoms with Crippen molar-refractivity contribution >= 4 is 8.03 Å². The Morgan fingerprint density at radius 3 is 2.33 bits per heavy atom. The normalized spacial score (nSPS) is 26.9. The summed E-state index contributed by atoms with van der Waals surface area (Å²) < 4.78 is 10.3. The highest BCUT2D eigenvalue weighted by Crippen LogP contribution is 2.35. The number of hydrogen-bond donors (Lipinski definition) is 2.